The molecule has 1 N–H and O–H groups in total. The molecule has 0 spiro atoms. The van der Waals surface area contributed by atoms with Gasteiger partial charge in [-0.15, -0.1) is 0 Å². The van der Waals surface area contributed by atoms with Crippen LogP contribution in [0, 0.1) is 0 Å². The second-order valence-corrected chi connectivity index (χ2v) is 14.1. The summed E-state index contributed by atoms with van der Waals surface area (Å²) in [5.41, 5.74) is 10.1. The van der Waals surface area contributed by atoms with Crippen molar-refractivity contribution in [2.24, 2.45) is 4.99 Å². The zero-order valence-electron chi connectivity index (χ0n) is 29.8. The lowest BCUT2D eigenvalue weighted by atomic mass is 9.77. The Morgan fingerprint density at radius 2 is 1.84 bits per heavy atom. The van der Waals surface area contributed by atoms with Crippen molar-refractivity contribution in [1.29, 1.82) is 0 Å². The topological polar surface area (TPSA) is 76.0 Å². The first kappa shape index (κ1) is 35.2. The maximum Gasteiger partial charge on any atom is 0.337 e. The van der Waals surface area contributed by atoms with Crippen LogP contribution in [-0.2, 0) is 33.5 Å². The summed E-state index contributed by atoms with van der Waals surface area (Å²) < 4.78 is 12.1. The number of aliphatic imine (C=N–C) groups is 1. The first-order valence-corrected chi connectivity index (χ1v) is 18.5. The molecule has 3 heterocycles. The van der Waals surface area contributed by atoms with Gasteiger partial charge in [0.2, 0.25) is 0 Å². The van der Waals surface area contributed by atoms with Gasteiger partial charge in [0.15, 0.2) is 0 Å². The lowest BCUT2D eigenvalue weighted by Crippen LogP contribution is -2.40. The Balaban J connectivity index is 1.14. The number of para-hydroxylation sites is 1. The number of carbonyl (C=O) groups is 1. The van der Waals surface area contributed by atoms with Gasteiger partial charge in [0.25, 0.3) is 0 Å². The third-order valence-corrected chi connectivity index (χ3v) is 10.9. The van der Waals surface area contributed by atoms with Crippen molar-refractivity contribution in [3.8, 4) is 0 Å². The molecule has 1 saturated heterocycles. The van der Waals surface area contributed by atoms with Crippen LogP contribution in [0.2, 0.25) is 5.02 Å². The predicted molar refractivity (Wildman–Crippen MR) is 201 cm³/mol. The van der Waals surface area contributed by atoms with Gasteiger partial charge in [-0.05, 0) is 101 Å². The molecule has 6 rings (SSSR count). The highest BCUT2D eigenvalue weighted by Crippen LogP contribution is 2.44. The normalized spacial score (nSPS) is 19.8. The Morgan fingerprint density at radius 3 is 2.61 bits per heavy atom. The third-order valence-electron chi connectivity index (χ3n) is 10.6. The number of piperidine rings is 1. The van der Waals surface area contributed by atoms with Crippen LogP contribution in [0.5, 0.6) is 0 Å². The van der Waals surface area contributed by atoms with Crippen LogP contribution in [0.25, 0.3) is 10.9 Å². The van der Waals surface area contributed by atoms with Crippen molar-refractivity contribution < 1.29 is 14.3 Å². The highest BCUT2D eigenvalue weighted by molar-refractivity contribution is 6.31. The average molecular weight is 683 g/mol. The number of nitrogens with zero attached hydrogens (tertiary/aromatic N) is 3. The molecule has 0 bridgehead atoms. The molecular weight excluding hydrogens is 632 g/mol. The summed E-state index contributed by atoms with van der Waals surface area (Å²) in [6.45, 7) is 11.6. The molecule has 1 fully saturated rings. The fourth-order valence-corrected chi connectivity index (χ4v) is 8.20. The van der Waals surface area contributed by atoms with Gasteiger partial charge in [0, 0.05) is 70.9 Å². The quantitative estimate of drug-likeness (QED) is 0.161. The van der Waals surface area contributed by atoms with Gasteiger partial charge >= 0.3 is 5.97 Å². The van der Waals surface area contributed by atoms with Crippen LogP contribution in [-0.4, -0.2) is 61.0 Å². The number of rotatable bonds is 11. The highest BCUT2D eigenvalue weighted by Gasteiger charge is 2.38. The number of ether oxygens (including phenoxy) is 2. The van der Waals surface area contributed by atoms with Gasteiger partial charge in [-0.25, -0.2) is 4.79 Å². The van der Waals surface area contributed by atoms with E-state index in [4.69, 9.17) is 31.1 Å². The SMILES string of the molecule is CCCCc1c(Cl)cccc1C1C(C(=O)OC2CCN(CCNc3c4c(nc5ccccc35)CCCC4)CC2)=C(C)N=C(C)/C1=C(/C)OC. The van der Waals surface area contributed by atoms with E-state index in [9.17, 15) is 4.79 Å². The first-order chi connectivity index (χ1) is 23.8. The number of hydrogen-bond donors (Lipinski definition) is 1. The summed E-state index contributed by atoms with van der Waals surface area (Å²) in [6, 6.07) is 14.5. The maximum atomic E-state index is 14.2. The molecule has 1 aliphatic carbocycles. The smallest absolute Gasteiger partial charge is 0.337 e. The van der Waals surface area contributed by atoms with Crippen molar-refractivity contribution in [2.75, 3.05) is 38.6 Å². The third kappa shape index (κ3) is 7.58. The summed E-state index contributed by atoms with van der Waals surface area (Å²) in [5.74, 6) is 0.0837. The Labute approximate surface area is 296 Å². The standard InChI is InChI=1S/C41H51ClN4O3/c1-6-7-13-30-31(16-12-17-34(30)42)39-37(28(4)48-5)26(2)44-27(3)38(39)41(47)49-29-20-23-46(24-21-29)25-22-43-40-32-14-8-10-18-35(32)45-36-19-11-9-15-33(36)40/h8,10,12,14,16-18,29,39H,6-7,9,11,13,15,19-25H2,1-5H3,(H,43,45)/b37-28+. The number of nitrogens with one attached hydrogen (secondary N) is 1. The maximum absolute atomic E-state index is 14.2. The molecule has 0 saturated carbocycles. The zero-order chi connectivity index (χ0) is 34.5. The molecule has 8 heteroatoms. The van der Waals surface area contributed by atoms with Crippen molar-refractivity contribution in [2.45, 2.75) is 97.5 Å². The molecule has 2 aliphatic heterocycles. The van der Waals surface area contributed by atoms with Crippen LogP contribution >= 0.6 is 11.6 Å². The molecule has 3 aromatic rings. The molecule has 1 atom stereocenters. The number of halogens is 1. The van der Waals surface area contributed by atoms with Crippen LogP contribution in [0.3, 0.4) is 0 Å². The average Bonchev–Trinajstić information content (AvgIpc) is 3.10. The van der Waals surface area contributed by atoms with E-state index in [0.29, 0.717) is 11.3 Å². The van der Waals surface area contributed by atoms with E-state index in [1.807, 2.05) is 32.9 Å². The van der Waals surface area contributed by atoms with Crippen LogP contribution < -0.4 is 5.32 Å². The van der Waals surface area contributed by atoms with E-state index < -0.39 is 0 Å². The summed E-state index contributed by atoms with van der Waals surface area (Å²) >= 11 is 6.82. The van der Waals surface area contributed by atoms with E-state index >= 15 is 0 Å². The van der Waals surface area contributed by atoms with Gasteiger partial charge in [0.05, 0.1) is 24.0 Å². The number of hydrogen-bond acceptors (Lipinski definition) is 7. The molecule has 7 nitrogen and oxygen atoms in total. The number of pyridine rings is 1. The van der Waals surface area contributed by atoms with E-state index in [1.165, 1.54) is 35.2 Å². The monoisotopic (exact) mass is 682 g/mol. The number of carbonyl (C=O) groups excluding carboxylic acids is 1. The number of benzene rings is 2. The van der Waals surface area contributed by atoms with E-state index in [-0.39, 0.29) is 18.0 Å². The lowest BCUT2D eigenvalue weighted by molar-refractivity contribution is -0.146. The Hall–Kier alpha value is -3.68. The van der Waals surface area contributed by atoms with Gasteiger partial charge < -0.3 is 19.7 Å². The number of likely N-dealkylation sites (tertiary alicyclic amines) is 1. The second-order valence-electron chi connectivity index (χ2n) is 13.7. The summed E-state index contributed by atoms with van der Waals surface area (Å²) in [6.07, 6.45) is 8.96. The van der Waals surface area contributed by atoms with Crippen molar-refractivity contribution in [1.82, 2.24) is 9.88 Å². The van der Waals surface area contributed by atoms with Gasteiger partial charge in [-0.3, -0.25) is 9.98 Å². The summed E-state index contributed by atoms with van der Waals surface area (Å²) in [5, 5.41) is 5.75. The largest absolute Gasteiger partial charge is 0.501 e. The molecule has 0 amide bonds. The molecular formula is C41H51ClN4O3. The first-order valence-electron chi connectivity index (χ1n) is 18.2. The highest BCUT2D eigenvalue weighted by atomic mass is 35.5. The Morgan fingerprint density at radius 1 is 1.06 bits per heavy atom. The van der Waals surface area contributed by atoms with Crippen molar-refractivity contribution >= 4 is 39.9 Å². The Kier molecular flexibility index (Phi) is 11.4. The van der Waals surface area contributed by atoms with Crippen molar-refractivity contribution in [3.05, 3.63) is 92.5 Å². The number of anilines is 1. The van der Waals surface area contributed by atoms with Crippen molar-refractivity contribution in [3.63, 3.8) is 0 Å². The second kappa shape index (κ2) is 15.9. The minimum absolute atomic E-state index is 0.143. The van der Waals surface area contributed by atoms with Crippen LogP contribution in [0.1, 0.15) is 94.5 Å². The number of allylic oxidation sites excluding steroid dienone is 3. The Bertz CT molecular complexity index is 1790. The molecule has 1 aromatic heterocycles. The van der Waals surface area contributed by atoms with Gasteiger partial charge in [-0.1, -0.05) is 55.3 Å². The summed E-state index contributed by atoms with van der Waals surface area (Å²) in [4.78, 5) is 26.5. The van der Waals surface area contributed by atoms with E-state index in [2.05, 4.69) is 47.5 Å². The van der Waals surface area contributed by atoms with Crippen LogP contribution in [0.4, 0.5) is 5.69 Å². The van der Waals surface area contributed by atoms with Gasteiger partial charge in [0.1, 0.15) is 6.10 Å². The molecule has 1 unspecified atom stereocenters. The zero-order valence-corrected chi connectivity index (χ0v) is 30.6. The summed E-state index contributed by atoms with van der Waals surface area (Å²) in [7, 11) is 1.67. The predicted octanol–water partition coefficient (Wildman–Crippen LogP) is 8.98. The van der Waals surface area contributed by atoms with Crippen LogP contribution in [0.15, 0.2) is 70.1 Å². The number of fused-ring (bicyclic) bond motifs is 2. The molecule has 2 aromatic carbocycles. The number of methoxy groups -OCH3 is 1. The van der Waals surface area contributed by atoms with Gasteiger partial charge in [-0.2, -0.15) is 0 Å². The number of aromatic nitrogens is 1. The number of aryl methyl sites for hydroxylation is 1. The minimum atomic E-state index is -0.364. The molecule has 49 heavy (non-hydrogen) atoms. The van der Waals surface area contributed by atoms with E-state index in [1.54, 1.807) is 7.11 Å². The number of unbranched alkanes of at least 4 members (excludes halogenated alkanes) is 1. The number of esters is 1. The molecule has 3 aliphatic rings. The minimum Gasteiger partial charge on any atom is -0.501 e. The fraction of sp³-hybridized carbons (Fsp3) is 0.488. The molecule has 260 valence electrons. The molecule has 0 radical (unpaired) electrons. The fourth-order valence-electron chi connectivity index (χ4n) is 7.92. The lowest BCUT2D eigenvalue weighted by Gasteiger charge is -2.34. The van der Waals surface area contributed by atoms with E-state index in [0.717, 1.165) is 110 Å².